The molecule has 1 aliphatic rings. The first-order chi connectivity index (χ1) is 15.7. The molecule has 1 amide bonds. The molecule has 174 valence electrons. The Morgan fingerprint density at radius 2 is 1.67 bits per heavy atom. The van der Waals surface area contributed by atoms with Crippen LogP contribution in [-0.2, 0) is 16.6 Å². The summed E-state index contributed by atoms with van der Waals surface area (Å²) in [5.74, 6) is -0.368. The van der Waals surface area contributed by atoms with Crippen LogP contribution in [0.1, 0.15) is 15.4 Å². The van der Waals surface area contributed by atoms with Crippen LogP contribution in [0.25, 0.3) is 11.3 Å². The van der Waals surface area contributed by atoms with Gasteiger partial charge in [0.2, 0.25) is 10.0 Å². The Morgan fingerprint density at radius 3 is 2.27 bits per heavy atom. The summed E-state index contributed by atoms with van der Waals surface area (Å²) in [6.07, 6.45) is 0. The van der Waals surface area contributed by atoms with Crippen LogP contribution in [0.4, 0.5) is 4.39 Å². The highest BCUT2D eigenvalue weighted by molar-refractivity contribution is 7.89. The molecule has 0 atom stereocenters. The number of nitrogens with zero attached hydrogens (tertiary/aromatic N) is 4. The fourth-order valence-electron chi connectivity index (χ4n) is 3.60. The van der Waals surface area contributed by atoms with Crippen LogP contribution in [0.5, 0.6) is 0 Å². The van der Waals surface area contributed by atoms with Crippen molar-refractivity contribution in [3.05, 3.63) is 70.3 Å². The normalized spacial score (nSPS) is 15.2. The van der Waals surface area contributed by atoms with Crippen LogP contribution < -0.4 is 0 Å². The van der Waals surface area contributed by atoms with E-state index in [1.165, 1.54) is 38.4 Å². The lowest BCUT2D eigenvalue weighted by Crippen LogP contribution is -2.48. The monoisotopic (exact) mass is 488 g/mol. The van der Waals surface area contributed by atoms with Crippen molar-refractivity contribution in [3.63, 3.8) is 0 Å². The van der Waals surface area contributed by atoms with Gasteiger partial charge in [0.15, 0.2) is 0 Å². The Labute approximate surface area is 197 Å². The molecule has 2 aromatic carbocycles. The smallest absolute Gasteiger partial charge is 0.253 e. The van der Waals surface area contributed by atoms with Crippen molar-refractivity contribution < 1.29 is 17.6 Å². The molecule has 0 unspecified atom stereocenters. The highest BCUT2D eigenvalue weighted by Gasteiger charge is 2.24. The molecule has 0 N–H and O–H groups in total. The number of hydrogen-bond donors (Lipinski definition) is 0. The van der Waals surface area contributed by atoms with Gasteiger partial charge in [0.05, 0.1) is 17.1 Å². The van der Waals surface area contributed by atoms with Gasteiger partial charge in [-0.3, -0.25) is 9.69 Å². The minimum Gasteiger partial charge on any atom is -0.336 e. The van der Waals surface area contributed by atoms with E-state index in [2.05, 4.69) is 9.88 Å². The second-order valence-electron chi connectivity index (χ2n) is 8.01. The van der Waals surface area contributed by atoms with Crippen molar-refractivity contribution in [2.75, 3.05) is 40.3 Å². The Bertz CT molecular complexity index is 1220. The van der Waals surface area contributed by atoms with Crippen molar-refractivity contribution in [2.45, 2.75) is 11.4 Å². The molecule has 0 spiro atoms. The molecule has 4 rings (SSSR count). The van der Waals surface area contributed by atoms with Gasteiger partial charge in [-0.25, -0.2) is 22.1 Å². The number of hydrogen-bond acceptors (Lipinski definition) is 6. The van der Waals surface area contributed by atoms with Gasteiger partial charge in [0.25, 0.3) is 5.91 Å². The minimum absolute atomic E-state index is 0.101. The minimum atomic E-state index is -3.52. The SMILES string of the molecule is CN(C)S(=O)(=O)c1ccc(C(=O)N2CCN(Cc3nc(-c4ccc(F)cc4)cs3)CC2)cc1. The van der Waals surface area contributed by atoms with Crippen LogP contribution in [0.15, 0.2) is 58.8 Å². The molecule has 1 fully saturated rings. The number of aromatic nitrogens is 1. The Hall–Kier alpha value is -2.66. The van der Waals surface area contributed by atoms with E-state index in [9.17, 15) is 17.6 Å². The molecule has 0 radical (unpaired) electrons. The predicted octanol–water partition coefficient (Wildman–Crippen LogP) is 3.16. The predicted molar refractivity (Wildman–Crippen MR) is 126 cm³/mol. The number of carbonyl (C=O) groups is 1. The maximum atomic E-state index is 13.1. The first-order valence-corrected chi connectivity index (χ1v) is 12.8. The zero-order valence-electron chi connectivity index (χ0n) is 18.4. The summed E-state index contributed by atoms with van der Waals surface area (Å²) in [6, 6.07) is 12.4. The molecule has 2 heterocycles. The van der Waals surface area contributed by atoms with Gasteiger partial charge in [-0.15, -0.1) is 11.3 Å². The van der Waals surface area contributed by atoms with Crippen LogP contribution in [0.3, 0.4) is 0 Å². The van der Waals surface area contributed by atoms with E-state index < -0.39 is 10.0 Å². The fourth-order valence-corrected chi connectivity index (χ4v) is 5.35. The van der Waals surface area contributed by atoms with Crippen LogP contribution in [0.2, 0.25) is 0 Å². The number of carbonyl (C=O) groups excluding carboxylic acids is 1. The van der Waals surface area contributed by atoms with Crippen LogP contribution in [-0.4, -0.2) is 73.7 Å². The summed E-state index contributed by atoms with van der Waals surface area (Å²) < 4.78 is 38.7. The lowest BCUT2D eigenvalue weighted by Gasteiger charge is -2.34. The lowest BCUT2D eigenvalue weighted by molar-refractivity contribution is 0.0628. The number of piperazine rings is 1. The molecular formula is C23H25FN4O3S2. The molecule has 0 aliphatic carbocycles. The molecule has 1 aliphatic heterocycles. The third kappa shape index (κ3) is 5.30. The average molecular weight is 489 g/mol. The molecule has 7 nitrogen and oxygen atoms in total. The Morgan fingerprint density at radius 1 is 1.03 bits per heavy atom. The van der Waals surface area contributed by atoms with Crippen molar-refractivity contribution in [3.8, 4) is 11.3 Å². The zero-order chi connectivity index (χ0) is 23.6. The maximum absolute atomic E-state index is 13.1. The molecular weight excluding hydrogens is 463 g/mol. The van der Waals surface area contributed by atoms with Gasteiger partial charge >= 0.3 is 0 Å². The second kappa shape index (κ2) is 9.68. The summed E-state index contributed by atoms with van der Waals surface area (Å²) in [6.45, 7) is 3.33. The largest absolute Gasteiger partial charge is 0.336 e. The highest BCUT2D eigenvalue weighted by Crippen LogP contribution is 2.23. The summed E-state index contributed by atoms with van der Waals surface area (Å²) in [4.78, 5) is 21.7. The Balaban J connectivity index is 1.32. The molecule has 10 heteroatoms. The zero-order valence-corrected chi connectivity index (χ0v) is 20.1. The van der Waals surface area contributed by atoms with Gasteiger partial charge in [0, 0.05) is 56.8 Å². The Kier molecular flexibility index (Phi) is 6.89. The van der Waals surface area contributed by atoms with Gasteiger partial charge in [0.1, 0.15) is 10.8 Å². The topological polar surface area (TPSA) is 73.8 Å². The van der Waals surface area contributed by atoms with E-state index in [0.29, 0.717) is 25.2 Å². The summed E-state index contributed by atoms with van der Waals surface area (Å²) in [5.41, 5.74) is 2.20. The molecule has 33 heavy (non-hydrogen) atoms. The van der Waals surface area contributed by atoms with Crippen LogP contribution >= 0.6 is 11.3 Å². The first kappa shape index (κ1) is 23.5. The first-order valence-electron chi connectivity index (χ1n) is 10.5. The lowest BCUT2D eigenvalue weighted by atomic mass is 10.2. The molecule has 3 aromatic rings. The molecule has 0 bridgehead atoms. The van der Waals surface area contributed by atoms with E-state index in [-0.39, 0.29) is 16.6 Å². The van der Waals surface area contributed by atoms with Crippen LogP contribution in [0, 0.1) is 5.82 Å². The number of thiazole rings is 1. The van der Waals surface area contributed by atoms with Gasteiger partial charge in [-0.05, 0) is 48.5 Å². The van der Waals surface area contributed by atoms with E-state index >= 15 is 0 Å². The van der Waals surface area contributed by atoms with Crippen molar-refractivity contribution in [1.29, 1.82) is 0 Å². The number of amides is 1. The van der Waals surface area contributed by atoms with Crippen molar-refractivity contribution in [1.82, 2.24) is 19.1 Å². The van der Waals surface area contributed by atoms with Gasteiger partial charge in [-0.1, -0.05) is 0 Å². The van der Waals surface area contributed by atoms with E-state index in [0.717, 1.165) is 33.7 Å². The maximum Gasteiger partial charge on any atom is 0.253 e. The van der Waals surface area contributed by atoms with E-state index in [1.54, 1.807) is 40.5 Å². The average Bonchev–Trinajstić information content (AvgIpc) is 3.28. The van der Waals surface area contributed by atoms with Gasteiger partial charge in [-0.2, -0.15) is 0 Å². The number of rotatable bonds is 6. The summed E-state index contributed by atoms with van der Waals surface area (Å²) in [7, 11) is -0.568. The van der Waals surface area contributed by atoms with E-state index in [1.807, 2.05) is 5.38 Å². The highest BCUT2D eigenvalue weighted by atomic mass is 32.2. The quantitative estimate of drug-likeness (QED) is 0.533. The number of sulfonamides is 1. The third-order valence-electron chi connectivity index (χ3n) is 5.59. The van der Waals surface area contributed by atoms with Gasteiger partial charge < -0.3 is 4.90 Å². The molecule has 1 aromatic heterocycles. The standard InChI is InChI=1S/C23H25FN4O3S2/c1-26(2)33(30,31)20-9-5-18(6-10-20)23(29)28-13-11-27(12-14-28)15-22-25-21(16-32-22)17-3-7-19(24)8-4-17/h3-10,16H,11-15H2,1-2H3. The number of benzene rings is 2. The number of halogens is 1. The summed E-state index contributed by atoms with van der Waals surface area (Å²) in [5, 5.41) is 2.95. The summed E-state index contributed by atoms with van der Waals surface area (Å²) >= 11 is 1.57. The van der Waals surface area contributed by atoms with E-state index in [4.69, 9.17) is 0 Å². The third-order valence-corrected chi connectivity index (χ3v) is 8.25. The fraction of sp³-hybridized carbons (Fsp3) is 0.304. The van der Waals surface area contributed by atoms with Crippen molar-refractivity contribution in [2.24, 2.45) is 0 Å². The molecule has 1 saturated heterocycles. The van der Waals surface area contributed by atoms with Crippen molar-refractivity contribution >= 4 is 27.3 Å². The second-order valence-corrected chi connectivity index (χ2v) is 11.1. The molecule has 0 saturated carbocycles.